The topological polar surface area (TPSA) is 0 Å². The van der Waals surface area contributed by atoms with E-state index in [-0.39, 0.29) is 0 Å². The van der Waals surface area contributed by atoms with Crippen LogP contribution in [0.2, 0.25) is 93.0 Å². The van der Waals surface area contributed by atoms with Crippen molar-refractivity contribution in [2.24, 2.45) is 0 Å². The van der Waals surface area contributed by atoms with Crippen molar-refractivity contribution in [2.45, 2.75) is 93.0 Å². The molecule has 0 aliphatic carbocycles. The van der Waals surface area contributed by atoms with Gasteiger partial charge in [-0.3, -0.25) is 0 Å². The van der Waals surface area contributed by atoms with Crippen molar-refractivity contribution in [3.8, 4) is 0 Å². The zero-order valence-electron chi connectivity index (χ0n) is 17.3. The summed E-state index contributed by atoms with van der Waals surface area (Å²) < 4.78 is 7.16. The molecule has 5 heteroatoms. The van der Waals surface area contributed by atoms with Gasteiger partial charge in [-0.25, -0.2) is 0 Å². The van der Waals surface area contributed by atoms with Crippen LogP contribution in [0, 0.1) is 0 Å². The molecule has 0 nitrogen and oxygen atoms in total. The first-order valence-corrected chi connectivity index (χ1v) is 34.7. The summed E-state index contributed by atoms with van der Waals surface area (Å²) in [5.74, 6) is 0. The fraction of sp³-hybridized carbons (Fsp3) is 1.00. The molecule has 0 unspecified atom stereocenters. The molecule has 0 aromatic rings. The van der Waals surface area contributed by atoms with Crippen molar-refractivity contribution in [2.75, 3.05) is 0 Å². The van der Waals surface area contributed by atoms with Crippen LogP contribution in [0.5, 0.6) is 0 Å². The Bertz CT molecular complexity index is 257. The molecule has 0 radical (unpaired) electrons. The van der Waals surface area contributed by atoms with Crippen molar-refractivity contribution >= 4 is 53.5 Å². The van der Waals surface area contributed by atoms with Crippen LogP contribution >= 0.6 is 0 Å². The maximum atomic E-state index is 2.65. The standard InChI is InChI=1S/4C4H11Si.Pb/c4*1-5(2,3)4;/h4*1H2,2-4H3;. The van der Waals surface area contributed by atoms with Crippen molar-refractivity contribution < 1.29 is 0 Å². The first-order chi connectivity index (χ1) is 8.83. The van der Waals surface area contributed by atoms with E-state index in [9.17, 15) is 0 Å². The van der Waals surface area contributed by atoms with Gasteiger partial charge in [0.05, 0.1) is 0 Å². The molecule has 21 heavy (non-hydrogen) atoms. The van der Waals surface area contributed by atoms with E-state index >= 15 is 0 Å². The number of hydrogen-bond acceptors (Lipinski definition) is 0. The molecule has 0 saturated carbocycles. The second kappa shape index (κ2) is 7.35. The molecular formula is C16H44PbSi4. The van der Waals surface area contributed by atoms with Crippen LogP contribution < -0.4 is 0 Å². The Kier molecular flexibility index (Phi) is 7.98. The van der Waals surface area contributed by atoms with Gasteiger partial charge in [0, 0.05) is 0 Å². The van der Waals surface area contributed by atoms with E-state index in [0.29, 0.717) is 0 Å². The van der Waals surface area contributed by atoms with E-state index in [4.69, 9.17) is 0 Å². The molecule has 0 saturated heterocycles. The van der Waals surface area contributed by atoms with Gasteiger partial charge in [-0.05, 0) is 0 Å². The predicted molar refractivity (Wildman–Crippen MR) is 118 cm³/mol. The summed E-state index contributed by atoms with van der Waals surface area (Å²) in [6.45, 7) is 31.8. The van der Waals surface area contributed by atoms with Crippen LogP contribution in [-0.2, 0) is 0 Å². The normalized spacial score (nSPS) is 15.4. The molecular weight excluding hydrogens is 512 g/mol. The van der Waals surface area contributed by atoms with Gasteiger partial charge in [-0.15, -0.1) is 0 Å². The molecule has 0 N–H and O–H groups in total. The summed E-state index contributed by atoms with van der Waals surface area (Å²) in [7, 11) is -3.71. The van der Waals surface area contributed by atoms with Crippen LogP contribution in [0.1, 0.15) is 0 Å². The summed E-state index contributed by atoms with van der Waals surface area (Å²) in [5, 5.41) is 0. The minimum absolute atomic E-state index is 0.927. The second-order valence-corrected chi connectivity index (χ2v) is 62.5. The van der Waals surface area contributed by atoms with Gasteiger partial charge in [-0.2, -0.15) is 0 Å². The zero-order chi connectivity index (χ0) is 17.3. The summed E-state index contributed by atoms with van der Waals surface area (Å²) >= 11 is -2.16. The Balaban J connectivity index is 5.70. The molecule has 0 aromatic carbocycles. The van der Waals surface area contributed by atoms with E-state index in [1.165, 1.54) is 0 Å². The maximum absolute atomic E-state index is 2.65. The minimum atomic E-state index is -2.16. The predicted octanol–water partition coefficient (Wildman–Crippen LogP) is 6.94. The molecule has 0 spiro atoms. The average molecular weight is 556 g/mol. The quantitative estimate of drug-likeness (QED) is 0.284. The molecule has 0 bridgehead atoms. The molecule has 0 heterocycles. The van der Waals surface area contributed by atoms with Gasteiger partial charge >= 0.3 is 146 Å². The molecule has 0 aliphatic rings. The molecule has 0 rings (SSSR count). The number of hydrogen-bond donors (Lipinski definition) is 0. The average Bonchev–Trinajstić information content (AvgIpc) is 1.83. The van der Waals surface area contributed by atoms with Crippen LogP contribution in [0.25, 0.3) is 0 Å². The van der Waals surface area contributed by atoms with Crippen molar-refractivity contribution in [1.82, 2.24) is 0 Å². The van der Waals surface area contributed by atoms with Crippen molar-refractivity contribution in [3.05, 3.63) is 0 Å². The van der Waals surface area contributed by atoms with Crippen molar-refractivity contribution in [3.63, 3.8) is 0 Å². The Hall–Kier alpha value is 1.79. The summed E-state index contributed by atoms with van der Waals surface area (Å²) in [5.41, 5.74) is 0. The summed E-state index contributed by atoms with van der Waals surface area (Å²) in [6, 6.07) is 0. The third-order valence-electron chi connectivity index (χ3n) is 3.62. The molecule has 0 aliphatic heterocycles. The first kappa shape index (κ1) is 22.8. The number of rotatable bonds is 8. The molecule has 128 valence electrons. The van der Waals surface area contributed by atoms with E-state index in [2.05, 4.69) is 78.6 Å². The van der Waals surface area contributed by atoms with Crippen LogP contribution in [0.4, 0.5) is 0 Å². The SMILES string of the molecule is C[Si](C)(C)[CH2][Pb]([CH2][Si](C)(C)C)([CH2][Si](C)(C)C)[CH2][Si](C)(C)C. The Labute approximate surface area is 145 Å². The van der Waals surface area contributed by atoms with Gasteiger partial charge in [0.25, 0.3) is 0 Å². The third kappa shape index (κ3) is 12.8. The van der Waals surface area contributed by atoms with Crippen LogP contribution in [0.15, 0.2) is 0 Å². The Morgan fingerprint density at radius 3 is 0.619 bits per heavy atom. The van der Waals surface area contributed by atoms with Crippen LogP contribution in [-0.4, -0.2) is 53.5 Å². The molecule has 0 aromatic heterocycles. The third-order valence-corrected chi connectivity index (χ3v) is 95.3. The summed E-state index contributed by atoms with van der Waals surface area (Å²) in [6.07, 6.45) is 0. The fourth-order valence-corrected chi connectivity index (χ4v) is 148. The van der Waals surface area contributed by atoms with Gasteiger partial charge in [0.15, 0.2) is 0 Å². The monoisotopic (exact) mass is 556 g/mol. The second-order valence-electron chi connectivity index (χ2n) is 12.4. The molecule has 0 atom stereocenters. The van der Waals surface area contributed by atoms with Crippen LogP contribution in [0.3, 0.4) is 0 Å². The molecule has 0 fully saturated rings. The van der Waals surface area contributed by atoms with Crippen molar-refractivity contribution in [1.29, 1.82) is 0 Å². The van der Waals surface area contributed by atoms with Gasteiger partial charge in [0.1, 0.15) is 0 Å². The van der Waals surface area contributed by atoms with Gasteiger partial charge in [0.2, 0.25) is 0 Å². The van der Waals surface area contributed by atoms with E-state index < -0.39 is 53.5 Å². The van der Waals surface area contributed by atoms with Gasteiger partial charge in [-0.1, -0.05) is 0 Å². The Morgan fingerprint density at radius 2 is 0.524 bits per heavy atom. The zero-order valence-corrected chi connectivity index (χ0v) is 25.2. The fourth-order valence-electron chi connectivity index (χ4n) is 4.87. The van der Waals surface area contributed by atoms with E-state index in [1.54, 1.807) is 14.4 Å². The Morgan fingerprint density at radius 1 is 0.381 bits per heavy atom. The summed E-state index contributed by atoms with van der Waals surface area (Å²) in [4.78, 5) is 0. The van der Waals surface area contributed by atoms with E-state index in [1.807, 2.05) is 0 Å². The molecule has 0 amide bonds. The van der Waals surface area contributed by atoms with Gasteiger partial charge < -0.3 is 0 Å². The first-order valence-electron chi connectivity index (χ1n) is 8.83. The van der Waals surface area contributed by atoms with E-state index in [0.717, 1.165) is 0 Å².